The molecule has 0 heterocycles. The van der Waals surface area contributed by atoms with Crippen molar-refractivity contribution in [3.05, 3.63) is 11.6 Å². The van der Waals surface area contributed by atoms with Crippen molar-refractivity contribution in [3.63, 3.8) is 0 Å². The molecule has 0 bridgehead atoms. The molecule has 5 aliphatic carbocycles. The highest BCUT2D eigenvalue weighted by Gasteiger charge is 2.66. The predicted octanol–water partition coefficient (Wildman–Crippen LogP) is 4.84. The van der Waals surface area contributed by atoms with Crippen molar-refractivity contribution in [2.24, 2.45) is 34.5 Å². The van der Waals surface area contributed by atoms with Gasteiger partial charge in [0.1, 0.15) is 5.60 Å². The molecule has 6 atom stereocenters. The van der Waals surface area contributed by atoms with Crippen LogP contribution >= 0.6 is 0 Å². The van der Waals surface area contributed by atoms with Crippen LogP contribution in [0.3, 0.4) is 0 Å². The zero-order valence-electron chi connectivity index (χ0n) is 23.9. The predicted molar refractivity (Wildman–Crippen MR) is 146 cm³/mol. The summed E-state index contributed by atoms with van der Waals surface area (Å²) in [7, 11) is 0. The average Bonchev–Trinajstić information content (AvgIpc) is 3.21. The number of amides is 1. The zero-order valence-corrected chi connectivity index (χ0v) is 23.9. The molecule has 0 unspecified atom stereocenters. The van der Waals surface area contributed by atoms with Crippen LogP contribution < -0.4 is 5.32 Å². The molecule has 0 aromatic rings. The van der Waals surface area contributed by atoms with E-state index in [0.717, 1.165) is 51.4 Å². The van der Waals surface area contributed by atoms with Crippen LogP contribution in [0.2, 0.25) is 0 Å². The molecule has 39 heavy (non-hydrogen) atoms. The number of carbonyl (C=O) groups is 4. The maximum Gasteiger partial charge on any atom is 0.306 e. The maximum absolute atomic E-state index is 13.4. The SMILES string of the molecule is C[C@]12CCC(=O)C=C1CC[C@@H]1[C@H]2CC[C@@]2(C)[C@@H]1CC[C@]2(O)C(=O)COC(=O)CCC(=O)NCC1CCCCC1. The van der Waals surface area contributed by atoms with Crippen molar-refractivity contribution in [1.82, 2.24) is 5.32 Å². The highest BCUT2D eigenvalue weighted by molar-refractivity contribution is 5.92. The molecular weight excluding hydrogens is 494 g/mol. The van der Waals surface area contributed by atoms with Gasteiger partial charge in [-0.15, -0.1) is 0 Å². The summed E-state index contributed by atoms with van der Waals surface area (Å²) in [6.45, 7) is 4.61. The first-order valence-corrected chi connectivity index (χ1v) is 15.5. The van der Waals surface area contributed by atoms with Gasteiger partial charge in [0.2, 0.25) is 11.7 Å². The minimum Gasteiger partial charge on any atom is -0.458 e. The lowest BCUT2D eigenvalue weighted by atomic mass is 9.46. The number of rotatable bonds is 8. The molecule has 5 aliphatic rings. The number of carbonyl (C=O) groups excluding carboxylic acids is 4. The van der Waals surface area contributed by atoms with E-state index in [1.54, 1.807) is 0 Å². The van der Waals surface area contributed by atoms with Crippen molar-refractivity contribution in [2.45, 2.75) is 116 Å². The molecule has 0 radical (unpaired) electrons. The monoisotopic (exact) mass is 541 g/mol. The van der Waals surface area contributed by atoms with E-state index < -0.39 is 29.4 Å². The van der Waals surface area contributed by atoms with Gasteiger partial charge >= 0.3 is 5.97 Å². The Hall–Kier alpha value is -2.02. The van der Waals surface area contributed by atoms with Crippen LogP contribution in [0.15, 0.2) is 11.6 Å². The summed E-state index contributed by atoms with van der Waals surface area (Å²) in [5.41, 5.74) is -0.692. The van der Waals surface area contributed by atoms with E-state index in [1.807, 2.05) is 6.08 Å². The van der Waals surface area contributed by atoms with Crippen LogP contribution in [0.25, 0.3) is 0 Å². The molecule has 0 aromatic heterocycles. The van der Waals surface area contributed by atoms with Crippen LogP contribution in [0.5, 0.6) is 0 Å². The van der Waals surface area contributed by atoms with Gasteiger partial charge < -0.3 is 15.2 Å². The molecule has 4 saturated carbocycles. The smallest absolute Gasteiger partial charge is 0.306 e. The Kier molecular flexibility index (Phi) is 8.11. The number of aliphatic hydroxyl groups is 1. The van der Waals surface area contributed by atoms with Gasteiger partial charge in [0, 0.05) is 24.8 Å². The van der Waals surface area contributed by atoms with E-state index in [9.17, 15) is 24.3 Å². The molecular formula is C32H47NO6. The second kappa shape index (κ2) is 11.1. The molecule has 2 N–H and O–H groups in total. The van der Waals surface area contributed by atoms with Crippen molar-refractivity contribution in [2.75, 3.05) is 13.2 Å². The number of ether oxygens (including phenoxy) is 1. The molecule has 216 valence electrons. The fourth-order valence-corrected chi connectivity index (χ4v) is 9.32. The number of Topliss-reactive ketones (excluding diaryl/α,β-unsaturated/α-hetero) is 1. The fraction of sp³-hybridized carbons (Fsp3) is 0.812. The van der Waals surface area contributed by atoms with Crippen molar-refractivity contribution in [1.29, 1.82) is 0 Å². The molecule has 0 aromatic carbocycles. The minimum atomic E-state index is -1.50. The summed E-state index contributed by atoms with van der Waals surface area (Å²) in [5.74, 6) is 0.774. The van der Waals surface area contributed by atoms with Gasteiger partial charge in [-0.3, -0.25) is 19.2 Å². The molecule has 0 saturated heterocycles. The minimum absolute atomic E-state index is 0.0428. The Morgan fingerprint density at radius 2 is 1.69 bits per heavy atom. The Morgan fingerprint density at radius 3 is 2.46 bits per heavy atom. The van der Waals surface area contributed by atoms with Gasteiger partial charge in [-0.25, -0.2) is 0 Å². The maximum atomic E-state index is 13.4. The van der Waals surface area contributed by atoms with Gasteiger partial charge in [-0.1, -0.05) is 38.7 Å². The molecule has 7 heteroatoms. The number of fused-ring (bicyclic) bond motifs is 5. The van der Waals surface area contributed by atoms with E-state index >= 15 is 0 Å². The van der Waals surface area contributed by atoms with Crippen LogP contribution in [-0.4, -0.2) is 47.3 Å². The number of esters is 1. The van der Waals surface area contributed by atoms with Crippen molar-refractivity contribution >= 4 is 23.4 Å². The third-order valence-electron chi connectivity index (χ3n) is 11.8. The topological polar surface area (TPSA) is 110 Å². The van der Waals surface area contributed by atoms with Gasteiger partial charge in [-0.2, -0.15) is 0 Å². The molecule has 4 fully saturated rings. The Bertz CT molecular complexity index is 1030. The number of hydrogen-bond acceptors (Lipinski definition) is 6. The highest BCUT2D eigenvalue weighted by Crippen LogP contribution is 2.67. The van der Waals surface area contributed by atoms with E-state index in [1.165, 1.54) is 24.8 Å². The van der Waals surface area contributed by atoms with Crippen LogP contribution in [0.4, 0.5) is 0 Å². The van der Waals surface area contributed by atoms with E-state index in [0.29, 0.717) is 37.1 Å². The van der Waals surface area contributed by atoms with Crippen LogP contribution in [-0.2, 0) is 23.9 Å². The van der Waals surface area contributed by atoms with Crippen LogP contribution in [0.1, 0.15) is 110 Å². The Balaban J connectivity index is 1.13. The summed E-state index contributed by atoms with van der Waals surface area (Å²) < 4.78 is 5.29. The quantitative estimate of drug-likeness (QED) is 0.426. The normalized spacial score (nSPS) is 38.2. The van der Waals surface area contributed by atoms with E-state index in [4.69, 9.17) is 4.74 Å². The number of allylic oxidation sites excluding steroid dienone is 1. The zero-order chi connectivity index (χ0) is 27.8. The third kappa shape index (κ3) is 5.25. The fourth-order valence-electron chi connectivity index (χ4n) is 9.32. The molecule has 0 spiro atoms. The molecule has 1 amide bonds. The van der Waals surface area contributed by atoms with Gasteiger partial charge in [-0.05, 0) is 93.0 Å². The Morgan fingerprint density at radius 1 is 0.949 bits per heavy atom. The Labute approximate surface area is 232 Å². The standard InChI is InChI=1S/C32H47NO6/c1-30-15-12-23(34)18-22(30)8-9-24-25(30)13-16-31(2)26(24)14-17-32(31,38)27(35)20-39-29(37)11-10-28(36)33-19-21-6-4-3-5-7-21/h18,21,24-26,38H,3-17,19-20H2,1-2H3,(H,33,36)/t24-,25-,26-,30+,31+,32+/m1/s1. The van der Waals surface area contributed by atoms with Crippen molar-refractivity contribution in [3.8, 4) is 0 Å². The van der Waals surface area contributed by atoms with Gasteiger partial charge in [0.25, 0.3) is 0 Å². The summed E-state index contributed by atoms with van der Waals surface area (Å²) in [6, 6.07) is 0. The lowest BCUT2D eigenvalue weighted by molar-refractivity contribution is -0.170. The second-order valence-electron chi connectivity index (χ2n) is 13.7. The van der Waals surface area contributed by atoms with Crippen LogP contribution in [0, 0.1) is 34.5 Å². The van der Waals surface area contributed by atoms with E-state index in [-0.39, 0.29) is 35.9 Å². The average molecular weight is 542 g/mol. The first kappa shape index (κ1) is 28.5. The molecule has 7 nitrogen and oxygen atoms in total. The molecule has 5 rings (SSSR count). The summed E-state index contributed by atoms with van der Waals surface area (Å²) in [4.78, 5) is 50.0. The van der Waals surface area contributed by atoms with E-state index in [2.05, 4.69) is 19.2 Å². The number of hydrogen-bond donors (Lipinski definition) is 2. The van der Waals surface area contributed by atoms with Crippen molar-refractivity contribution < 1.29 is 29.0 Å². The number of nitrogens with one attached hydrogen (secondary N) is 1. The lowest BCUT2D eigenvalue weighted by Crippen LogP contribution is -2.58. The highest BCUT2D eigenvalue weighted by atomic mass is 16.5. The first-order valence-electron chi connectivity index (χ1n) is 15.5. The lowest BCUT2D eigenvalue weighted by Gasteiger charge is -2.58. The molecule has 0 aliphatic heterocycles. The second-order valence-corrected chi connectivity index (χ2v) is 13.7. The summed E-state index contributed by atoms with van der Waals surface area (Å²) in [5, 5.41) is 14.7. The summed E-state index contributed by atoms with van der Waals surface area (Å²) in [6.07, 6.45) is 14.2. The number of ketones is 2. The summed E-state index contributed by atoms with van der Waals surface area (Å²) >= 11 is 0. The third-order valence-corrected chi connectivity index (χ3v) is 11.8. The van der Waals surface area contributed by atoms with Gasteiger partial charge in [0.15, 0.2) is 12.4 Å². The van der Waals surface area contributed by atoms with Gasteiger partial charge in [0.05, 0.1) is 6.42 Å². The largest absolute Gasteiger partial charge is 0.458 e. The first-order chi connectivity index (χ1) is 18.6.